The van der Waals surface area contributed by atoms with Crippen LogP contribution in [0.1, 0.15) is 43.2 Å². The topological polar surface area (TPSA) is 49.4 Å². The summed E-state index contributed by atoms with van der Waals surface area (Å²) >= 11 is 1.60. The molecule has 3 aromatic rings. The minimum absolute atomic E-state index is 0.0527. The van der Waals surface area contributed by atoms with Crippen LogP contribution in [0.5, 0.6) is 0 Å². The zero-order valence-electron chi connectivity index (χ0n) is 20.4. The summed E-state index contributed by atoms with van der Waals surface area (Å²) in [5.41, 5.74) is 1.38. The average Bonchev–Trinajstić information content (AvgIpc) is 3.41. The molecule has 1 atom stereocenters. The van der Waals surface area contributed by atoms with Gasteiger partial charge in [-0.05, 0) is 36.6 Å². The lowest BCUT2D eigenvalue weighted by molar-refractivity contribution is -0.141. The fraction of sp³-hybridized carbons (Fsp3) is 0.333. The van der Waals surface area contributed by atoms with E-state index >= 15 is 0 Å². The predicted molar refractivity (Wildman–Crippen MR) is 143 cm³/mol. The number of rotatable bonds is 11. The number of hydrogen-bond acceptors (Lipinski definition) is 3. The van der Waals surface area contributed by atoms with E-state index in [1.54, 1.807) is 34.9 Å². The van der Waals surface area contributed by atoms with Gasteiger partial charge in [0.25, 0.3) is 0 Å². The van der Waals surface area contributed by atoms with Gasteiger partial charge in [-0.1, -0.05) is 79.6 Å². The quantitative estimate of drug-likeness (QED) is 0.326. The van der Waals surface area contributed by atoms with E-state index in [0.717, 1.165) is 36.1 Å². The number of thioether (sulfide) groups is 1. The Morgan fingerprint density at radius 2 is 1.56 bits per heavy atom. The molecule has 188 valence electrons. The highest BCUT2D eigenvalue weighted by Gasteiger charge is 2.32. The van der Waals surface area contributed by atoms with Gasteiger partial charge in [-0.2, -0.15) is 0 Å². The Bertz CT molecular complexity index is 1120. The Kier molecular flexibility index (Phi) is 9.56. The van der Waals surface area contributed by atoms with Gasteiger partial charge in [0.1, 0.15) is 11.9 Å². The SMILES string of the molecule is O=C(NC1CCCC1)[C@H](Cc1ccccc1)N(Cc1ccccc1F)C(=O)CCSc1ccccc1. The second-order valence-corrected chi connectivity index (χ2v) is 10.4. The van der Waals surface area contributed by atoms with Crippen LogP contribution in [0.2, 0.25) is 0 Å². The van der Waals surface area contributed by atoms with Gasteiger partial charge in [-0.3, -0.25) is 9.59 Å². The van der Waals surface area contributed by atoms with Gasteiger partial charge in [0.2, 0.25) is 11.8 Å². The van der Waals surface area contributed by atoms with Gasteiger partial charge in [0, 0.05) is 41.6 Å². The minimum Gasteiger partial charge on any atom is -0.352 e. The largest absolute Gasteiger partial charge is 0.352 e. The van der Waals surface area contributed by atoms with Gasteiger partial charge >= 0.3 is 0 Å². The first-order valence-electron chi connectivity index (χ1n) is 12.6. The number of amides is 2. The molecule has 6 heteroatoms. The number of nitrogens with one attached hydrogen (secondary N) is 1. The molecule has 0 saturated heterocycles. The molecule has 36 heavy (non-hydrogen) atoms. The third-order valence-corrected chi connectivity index (χ3v) is 7.61. The van der Waals surface area contributed by atoms with E-state index in [0.29, 0.717) is 17.7 Å². The smallest absolute Gasteiger partial charge is 0.243 e. The van der Waals surface area contributed by atoms with Crippen LogP contribution in [-0.2, 0) is 22.6 Å². The summed E-state index contributed by atoms with van der Waals surface area (Å²) in [7, 11) is 0. The molecule has 0 bridgehead atoms. The molecule has 1 saturated carbocycles. The van der Waals surface area contributed by atoms with Crippen molar-refractivity contribution in [1.29, 1.82) is 0 Å². The van der Waals surface area contributed by atoms with Crippen LogP contribution in [0.3, 0.4) is 0 Å². The molecular weight excluding hydrogens is 471 g/mol. The molecule has 0 spiro atoms. The maximum absolute atomic E-state index is 14.7. The molecule has 0 radical (unpaired) electrons. The summed E-state index contributed by atoms with van der Waals surface area (Å²) in [5.74, 6) is -0.0993. The number of carbonyl (C=O) groups is 2. The summed E-state index contributed by atoms with van der Waals surface area (Å²) in [6.45, 7) is 0.0527. The van der Waals surface area contributed by atoms with Crippen LogP contribution in [0, 0.1) is 5.82 Å². The van der Waals surface area contributed by atoms with Crippen molar-refractivity contribution >= 4 is 23.6 Å². The van der Waals surface area contributed by atoms with E-state index in [4.69, 9.17) is 0 Å². The molecule has 0 unspecified atom stereocenters. The zero-order chi connectivity index (χ0) is 25.2. The highest BCUT2D eigenvalue weighted by atomic mass is 32.2. The van der Waals surface area contributed by atoms with Crippen LogP contribution in [0.25, 0.3) is 0 Å². The van der Waals surface area contributed by atoms with E-state index in [-0.39, 0.29) is 36.6 Å². The first-order chi connectivity index (χ1) is 17.6. The van der Waals surface area contributed by atoms with Crippen molar-refractivity contribution in [3.8, 4) is 0 Å². The Morgan fingerprint density at radius 1 is 0.917 bits per heavy atom. The molecule has 1 N–H and O–H groups in total. The average molecular weight is 505 g/mol. The van der Waals surface area contributed by atoms with E-state index < -0.39 is 6.04 Å². The van der Waals surface area contributed by atoms with E-state index in [1.807, 2.05) is 60.7 Å². The van der Waals surface area contributed by atoms with Crippen molar-refractivity contribution in [2.45, 2.75) is 62.0 Å². The first-order valence-corrected chi connectivity index (χ1v) is 13.6. The number of carbonyl (C=O) groups excluding carboxylic acids is 2. The second kappa shape index (κ2) is 13.3. The van der Waals surface area contributed by atoms with Crippen LogP contribution in [0.4, 0.5) is 4.39 Å². The molecule has 1 aliphatic carbocycles. The van der Waals surface area contributed by atoms with Crippen molar-refractivity contribution in [2.24, 2.45) is 0 Å². The van der Waals surface area contributed by atoms with Gasteiger partial charge < -0.3 is 10.2 Å². The first kappa shape index (κ1) is 26.0. The van der Waals surface area contributed by atoms with Gasteiger partial charge in [-0.15, -0.1) is 11.8 Å². The molecule has 4 rings (SSSR count). The maximum atomic E-state index is 14.7. The van der Waals surface area contributed by atoms with Crippen molar-refractivity contribution in [3.63, 3.8) is 0 Å². The molecule has 3 aromatic carbocycles. The van der Waals surface area contributed by atoms with E-state index in [1.165, 1.54) is 6.07 Å². The van der Waals surface area contributed by atoms with E-state index in [9.17, 15) is 14.0 Å². The van der Waals surface area contributed by atoms with Crippen LogP contribution < -0.4 is 5.32 Å². The van der Waals surface area contributed by atoms with Crippen LogP contribution >= 0.6 is 11.8 Å². The minimum atomic E-state index is -0.721. The fourth-order valence-corrected chi connectivity index (χ4v) is 5.51. The summed E-state index contributed by atoms with van der Waals surface area (Å²) in [6.07, 6.45) is 4.75. The van der Waals surface area contributed by atoms with Gasteiger partial charge in [0.05, 0.1) is 0 Å². The lowest BCUT2D eigenvalue weighted by Gasteiger charge is -2.32. The number of benzene rings is 3. The Labute approximate surface area is 217 Å². The van der Waals surface area contributed by atoms with Crippen molar-refractivity contribution in [3.05, 3.63) is 102 Å². The molecule has 2 amide bonds. The maximum Gasteiger partial charge on any atom is 0.243 e. The fourth-order valence-electron chi connectivity index (χ4n) is 4.65. The van der Waals surface area contributed by atoms with Crippen LogP contribution in [-0.4, -0.2) is 34.6 Å². The number of nitrogens with zero attached hydrogens (tertiary/aromatic N) is 1. The summed E-state index contributed by atoms with van der Waals surface area (Å²) in [4.78, 5) is 29.9. The number of halogens is 1. The van der Waals surface area contributed by atoms with Gasteiger partial charge in [0.15, 0.2) is 0 Å². The monoisotopic (exact) mass is 504 g/mol. The molecule has 4 nitrogen and oxygen atoms in total. The highest BCUT2D eigenvalue weighted by molar-refractivity contribution is 7.99. The lowest BCUT2D eigenvalue weighted by atomic mass is 10.0. The lowest BCUT2D eigenvalue weighted by Crippen LogP contribution is -2.52. The molecule has 1 aliphatic rings. The second-order valence-electron chi connectivity index (χ2n) is 9.22. The Hall–Kier alpha value is -3.12. The number of hydrogen-bond donors (Lipinski definition) is 1. The third-order valence-electron chi connectivity index (χ3n) is 6.60. The predicted octanol–water partition coefficient (Wildman–Crippen LogP) is 6.01. The summed E-state index contributed by atoms with van der Waals surface area (Å²) < 4.78 is 14.7. The standard InChI is InChI=1S/C30H33FN2O2S/c31-27-18-10-7-13-24(27)22-33(29(34)19-20-36-26-16-5-2-6-17-26)28(21-23-11-3-1-4-12-23)30(35)32-25-14-8-9-15-25/h1-7,10-13,16-18,25,28H,8-9,14-15,19-22H2,(H,32,35)/t28-/m0/s1. The molecular formula is C30H33FN2O2S. The summed E-state index contributed by atoms with van der Waals surface area (Å²) in [6, 6.07) is 25.5. The molecule has 0 aromatic heterocycles. The molecule has 1 fully saturated rings. The third kappa shape index (κ3) is 7.44. The Balaban J connectivity index is 1.57. The van der Waals surface area contributed by atoms with E-state index in [2.05, 4.69) is 5.32 Å². The van der Waals surface area contributed by atoms with Crippen molar-refractivity contribution in [1.82, 2.24) is 10.2 Å². The Morgan fingerprint density at radius 3 is 2.25 bits per heavy atom. The van der Waals surface area contributed by atoms with Crippen LogP contribution in [0.15, 0.2) is 89.8 Å². The zero-order valence-corrected chi connectivity index (χ0v) is 21.3. The molecule has 0 aliphatic heterocycles. The summed E-state index contributed by atoms with van der Waals surface area (Å²) in [5, 5.41) is 3.19. The highest BCUT2D eigenvalue weighted by Crippen LogP contribution is 2.23. The van der Waals surface area contributed by atoms with Crippen molar-refractivity contribution < 1.29 is 14.0 Å². The van der Waals surface area contributed by atoms with Crippen molar-refractivity contribution in [2.75, 3.05) is 5.75 Å². The normalized spacial score (nSPS) is 14.4. The molecule has 0 heterocycles. The van der Waals surface area contributed by atoms with Gasteiger partial charge in [-0.25, -0.2) is 4.39 Å².